The van der Waals surface area contributed by atoms with Gasteiger partial charge >= 0.3 is 12.1 Å². The fourth-order valence-corrected chi connectivity index (χ4v) is 5.56. The molecule has 0 saturated heterocycles. The van der Waals surface area contributed by atoms with Gasteiger partial charge in [0.15, 0.2) is 0 Å². The van der Waals surface area contributed by atoms with Crippen LogP contribution in [0.25, 0.3) is 33.5 Å². The van der Waals surface area contributed by atoms with Crippen molar-refractivity contribution in [2.75, 3.05) is 0 Å². The van der Waals surface area contributed by atoms with E-state index in [0.717, 1.165) is 60.2 Å². The Labute approximate surface area is 248 Å². The summed E-state index contributed by atoms with van der Waals surface area (Å²) in [4.78, 5) is 30.2. The van der Waals surface area contributed by atoms with Gasteiger partial charge in [-0.1, -0.05) is 61.0 Å². The summed E-state index contributed by atoms with van der Waals surface area (Å²) in [6.07, 6.45) is 2.76. The monoisotopic (exact) mass is 580 g/mol. The molecule has 1 aliphatic carbocycles. The first-order chi connectivity index (χ1) is 21.0. The fourth-order valence-electron chi connectivity index (χ4n) is 5.56. The van der Waals surface area contributed by atoms with Crippen LogP contribution in [-0.4, -0.2) is 54.7 Å². The fraction of sp³-hybridized carbons (Fsp3) is 0.312. The number of fused-ring (bicyclic) bond motifs is 1. The third kappa shape index (κ3) is 6.25. The first-order valence-electron chi connectivity index (χ1n) is 14.4. The second kappa shape index (κ2) is 12.4. The van der Waals surface area contributed by atoms with E-state index in [1.54, 1.807) is 12.1 Å². The lowest BCUT2D eigenvalue weighted by Gasteiger charge is -2.22. The number of hydrogen-bond acceptors (Lipinski definition) is 9. The molecule has 43 heavy (non-hydrogen) atoms. The molecule has 6 rings (SSSR count). The standard InChI is InChI=1S/C32H32N6O5/c1-20-33-28-14-8-13-27(31(39)41-21(2)42-32(40)43-24-9-4-3-5-10-24)29(28)38(20)19-22-15-17-23(18-16-22)25-11-6-7-12-26(25)30-34-36-37-35-30/h6-8,11-18,21,24H,3-5,9-10,19H2,1-2H3,(H,34,35,36,37). The van der Waals surface area contributed by atoms with Crippen LogP contribution < -0.4 is 0 Å². The molecule has 220 valence electrons. The van der Waals surface area contributed by atoms with Crippen LogP contribution in [0, 0.1) is 6.92 Å². The van der Waals surface area contributed by atoms with Crippen molar-refractivity contribution in [3.8, 4) is 22.5 Å². The number of aromatic nitrogens is 6. The minimum atomic E-state index is -1.11. The van der Waals surface area contributed by atoms with Crippen LogP contribution in [-0.2, 0) is 20.8 Å². The molecule has 1 fully saturated rings. The maximum absolute atomic E-state index is 13.3. The molecule has 1 aliphatic rings. The molecule has 11 nitrogen and oxygen atoms in total. The summed E-state index contributed by atoms with van der Waals surface area (Å²) in [5.74, 6) is 0.667. The van der Waals surface area contributed by atoms with E-state index in [9.17, 15) is 9.59 Å². The second-order valence-corrected chi connectivity index (χ2v) is 10.6. The smallest absolute Gasteiger partial charge is 0.431 e. The zero-order valence-electron chi connectivity index (χ0n) is 24.0. The van der Waals surface area contributed by atoms with Crippen molar-refractivity contribution in [2.45, 2.75) is 64.9 Å². The number of imidazole rings is 1. The van der Waals surface area contributed by atoms with Crippen molar-refractivity contribution in [1.82, 2.24) is 30.2 Å². The van der Waals surface area contributed by atoms with Crippen molar-refractivity contribution >= 4 is 23.2 Å². The van der Waals surface area contributed by atoms with E-state index < -0.39 is 18.4 Å². The molecule has 1 N–H and O–H groups in total. The van der Waals surface area contributed by atoms with Gasteiger partial charge in [-0.25, -0.2) is 14.6 Å². The second-order valence-electron chi connectivity index (χ2n) is 10.6. The van der Waals surface area contributed by atoms with Gasteiger partial charge in [-0.2, -0.15) is 5.21 Å². The number of nitrogens with one attached hydrogen (secondary N) is 1. The number of aromatic amines is 1. The number of ether oxygens (including phenoxy) is 3. The van der Waals surface area contributed by atoms with Gasteiger partial charge < -0.3 is 18.8 Å². The van der Waals surface area contributed by atoms with Crippen LogP contribution >= 0.6 is 0 Å². The SMILES string of the molecule is Cc1nc2cccc(C(=O)OC(C)OC(=O)OC3CCCCC3)c2n1Cc1ccc(-c2ccccc2-c2nn[nH]n2)cc1. The molecule has 3 aromatic carbocycles. The van der Waals surface area contributed by atoms with Gasteiger partial charge in [0, 0.05) is 19.0 Å². The van der Waals surface area contributed by atoms with E-state index in [1.807, 2.05) is 66.1 Å². The Balaban J connectivity index is 1.19. The average Bonchev–Trinajstić information content (AvgIpc) is 3.66. The number of carbonyl (C=O) groups excluding carboxylic acids is 2. The summed E-state index contributed by atoms with van der Waals surface area (Å²) < 4.78 is 18.1. The van der Waals surface area contributed by atoms with Crippen molar-refractivity contribution in [1.29, 1.82) is 0 Å². The maximum Gasteiger partial charge on any atom is 0.511 e. The van der Waals surface area contributed by atoms with E-state index in [1.165, 1.54) is 6.92 Å². The van der Waals surface area contributed by atoms with Gasteiger partial charge in [0.25, 0.3) is 0 Å². The Hall–Kier alpha value is -5.06. The normalized spacial score (nSPS) is 14.4. The molecule has 2 heterocycles. The largest absolute Gasteiger partial charge is 0.511 e. The van der Waals surface area contributed by atoms with E-state index in [-0.39, 0.29) is 6.10 Å². The lowest BCUT2D eigenvalue weighted by Crippen LogP contribution is -2.26. The zero-order chi connectivity index (χ0) is 29.8. The molecule has 0 aliphatic heterocycles. The number of hydrogen-bond donors (Lipinski definition) is 1. The molecule has 0 spiro atoms. The molecule has 0 amide bonds. The number of benzene rings is 3. The zero-order valence-corrected chi connectivity index (χ0v) is 24.0. The summed E-state index contributed by atoms with van der Waals surface area (Å²) in [5, 5.41) is 14.5. The number of nitrogens with zero attached hydrogens (tertiary/aromatic N) is 5. The minimum absolute atomic E-state index is 0.149. The molecule has 1 saturated carbocycles. The quantitative estimate of drug-likeness (QED) is 0.167. The summed E-state index contributed by atoms with van der Waals surface area (Å²) >= 11 is 0. The highest BCUT2D eigenvalue weighted by Gasteiger charge is 2.24. The van der Waals surface area contributed by atoms with Crippen LogP contribution in [0.1, 0.15) is 60.8 Å². The molecule has 0 bridgehead atoms. The number of carbonyl (C=O) groups is 2. The summed E-state index contributed by atoms with van der Waals surface area (Å²) in [6, 6.07) is 21.4. The molecule has 2 aromatic heterocycles. The predicted octanol–water partition coefficient (Wildman–Crippen LogP) is 6.23. The Kier molecular flexibility index (Phi) is 8.12. The van der Waals surface area contributed by atoms with Crippen molar-refractivity contribution in [2.24, 2.45) is 0 Å². The highest BCUT2D eigenvalue weighted by molar-refractivity contribution is 6.02. The van der Waals surface area contributed by atoms with E-state index in [0.29, 0.717) is 29.0 Å². The molecule has 5 aromatic rings. The van der Waals surface area contributed by atoms with Crippen molar-refractivity contribution in [3.63, 3.8) is 0 Å². The Morgan fingerprint density at radius 1 is 0.953 bits per heavy atom. The number of tetrazole rings is 1. The van der Waals surface area contributed by atoms with Crippen LogP contribution in [0.3, 0.4) is 0 Å². The molecular weight excluding hydrogens is 548 g/mol. The third-order valence-electron chi connectivity index (χ3n) is 7.65. The number of H-pyrrole nitrogens is 1. The molecule has 0 radical (unpaired) electrons. The van der Waals surface area contributed by atoms with Crippen LogP contribution in [0.4, 0.5) is 4.79 Å². The Bertz CT molecular complexity index is 1730. The van der Waals surface area contributed by atoms with Gasteiger partial charge in [-0.15, -0.1) is 10.2 Å². The predicted molar refractivity (Wildman–Crippen MR) is 158 cm³/mol. The van der Waals surface area contributed by atoms with Crippen LogP contribution in [0.2, 0.25) is 0 Å². The number of esters is 1. The first-order valence-corrected chi connectivity index (χ1v) is 14.4. The van der Waals surface area contributed by atoms with Crippen molar-refractivity contribution < 1.29 is 23.8 Å². The minimum Gasteiger partial charge on any atom is -0.431 e. The lowest BCUT2D eigenvalue weighted by atomic mass is 9.98. The van der Waals surface area contributed by atoms with E-state index >= 15 is 0 Å². The first kappa shape index (κ1) is 28.1. The van der Waals surface area contributed by atoms with Crippen molar-refractivity contribution in [3.05, 3.63) is 83.7 Å². The van der Waals surface area contributed by atoms with Gasteiger partial charge in [-0.05, 0) is 66.6 Å². The number of rotatable bonds is 8. The van der Waals surface area contributed by atoms with E-state index in [4.69, 9.17) is 14.2 Å². The highest BCUT2D eigenvalue weighted by Crippen LogP contribution is 2.30. The highest BCUT2D eigenvalue weighted by atomic mass is 16.8. The molecular formula is C32H32N6O5. The van der Waals surface area contributed by atoms with Crippen LogP contribution in [0.5, 0.6) is 0 Å². The Morgan fingerprint density at radius 3 is 2.47 bits per heavy atom. The number of para-hydroxylation sites is 1. The van der Waals surface area contributed by atoms with Crippen LogP contribution in [0.15, 0.2) is 66.7 Å². The number of aryl methyl sites for hydroxylation is 1. The Morgan fingerprint density at radius 2 is 1.72 bits per heavy atom. The van der Waals surface area contributed by atoms with Gasteiger partial charge in [-0.3, -0.25) is 0 Å². The van der Waals surface area contributed by atoms with Gasteiger partial charge in [0.05, 0.1) is 16.6 Å². The molecule has 11 heteroatoms. The third-order valence-corrected chi connectivity index (χ3v) is 7.65. The lowest BCUT2D eigenvalue weighted by molar-refractivity contribution is -0.0914. The molecule has 1 unspecified atom stereocenters. The van der Waals surface area contributed by atoms with E-state index in [2.05, 4.69) is 25.6 Å². The molecule has 1 atom stereocenters. The maximum atomic E-state index is 13.3. The van der Waals surface area contributed by atoms with Gasteiger partial charge in [0.1, 0.15) is 11.9 Å². The summed E-state index contributed by atoms with van der Waals surface area (Å²) in [6.45, 7) is 3.89. The average molecular weight is 581 g/mol. The summed E-state index contributed by atoms with van der Waals surface area (Å²) in [5.41, 5.74) is 5.55. The van der Waals surface area contributed by atoms with Gasteiger partial charge in [0.2, 0.25) is 12.1 Å². The summed E-state index contributed by atoms with van der Waals surface area (Å²) in [7, 11) is 0. The topological polar surface area (TPSA) is 134 Å².